The van der Waals surface area contributed by atoms with Crippen molar-refractivity contribution in [2.75, 3.05) is 19.7 Å². The SMILES string of the molecule is CCC1C(=O)NCCN1C(=O)COc1ccc(Cl)cc1C. The minimum absolute atomic E-state index is 0.0771. The van der Waals surface area contributed by atoms with Crippen molar-refractivity contribution in [1.82, 2.24) is 10.2 Å². The lowest BCUT2D eigenvalue weighted by Crippen LogP contribution is -2.57. The van der Waals surface area contributed by atoms with Crippen LogP contribution in [0.4, 0.5) is 0 Å². The van der Waals surface area contributed by atoms with Gasteiger partial charge in [-0.05, 0) is 37.1 Å². The van der Waals surface area contributed by atoms with Crippen LogP contribution in [-0.4, -0.2) is 42.5 Å². The fourth-order valence-corrected chi connectivity index (χ4v) is 2.64. The molecule has 0 radical (unpaired) electrons. The van der Waals surface area contributed by atoms with Crippen LogP contribution in [0, 0.1) is 6.92 Å². The van der Waals surface area contributed by atoms with Crippen molar-refractivity contribution in [3.63, 3.8) is 0 Å². The first-order valence-corrected chi connectivity index (χ1v) is 7.37. The second-order valence-corrected chi connectivity index (χ2v) is 5.44. The number of aryl methyl sites for hydroxylation is 1. The number of rotatable bonds is 4. The molecule has 6 heteroatoms. The van der Waals surface area contributed by atoms with Gasteiger partial charge >= 0.3 is 0 Å². The minimum Gasteiger partial charge on any atom is -0.483 e. The Morgan fingerprint density at radius 3 is 2.95 bits per heavy atom. The van der Waals surface area contributed by atoms with Gasteiger partial charge in [0.1, 0.15) is 11.8 Å². The molecule has 5 nitrogen and oxygen atoms in total. The predicted molar refractivity (Wildman–Crippen MR) is 80.5 cm³/mol. The van der Waals surface area contributed by atoms with Gasteiger partial charge in [-0.15, -0.1) is 0 Å². The standard InChI is InChI=1S/C15H19ClN2O3/c1-3-12-15(20)17-6-7-18(12)14(19)9-21-13-5-4-11(16)8-10(13)2/h4-5,8,12H,3,6-7,9H2,1-2H3,(H,17,20). The minimum atomic E-state index is -0.402. The van der Waals surface area contributed by atoms with E-state index in [-0.39, 0.29) is 18.4 Å². The maximum absolute atomic E-state index is 12.3. The zero-order valence-corrected chi connectivity index (χ0v) is 12.9. The molecular formula is C15H19ClN2O3. The van der Waals surface area contributed by atoms with Crippen LogP contribution in [0.15, 0.2) is 18.2 Å². The first-order valence-electron chi connectivity index (χ1n) is 6.99. The predicted octanol–water partition coefficient (Wildman–Crippen LogP) is 1.76. The number of hydrogen-bond donors (Lipinski definition) is 1. The number of ether oxygens (including phenoxy) is 1. The molecule has 21 heavy (non-hydrogen) atoms. The van der Waals surface area contributed by atoms with Gasteiger partial charge in [0.05, 0.1) is 0 Å². The van der Waals surface area contributed by atoms with Gasteiger partial charge in [0, 0.05) is 18.1 Å². The van der Waals surface area contributed by atoms with E-state index < -0.39 is 6.04 Å². The van der Waals surface area contributed by atoms with E-state index in [2.05, 4.69) is 5.32 Å². The molecule has 0 saturated carbocycles. The quantitative estimate of drug-likeness (QED) is 0.922. The van der Waals surface area contributed by atoms with Gasteiger partial charge in [-0.2, -0.15) is 0 Å². The van der Waals surface area contributed by atoms with Crippen molar-refractivity contribution < 1.29 is 14.3 Å². The molecule has 1 heterocycles. The van der Waals surface area contributed by atoms with Crippen molar-refractivity contribution in [3.05, 3.63) is 28.8 Å². The van der Waals surface area contributed by atoms with Crippen LogP contribution in [0.25, 0.3) is 0 Å². The highest BCUT2D eigenvalue weighted by Crippen LogP contribution is 2.22. The monoisotopic (exact) mass is 310 g/mol. The van der Waals surface area contributed by atoms with E-state index in [1.54, 1.807) is 23.1 Å². The third-order valence-electron chi connectivity index (χ3n) is 3.53. The second kappa shape index (κ2) is 6.80. The lowest BCUT2D eigenvalue weighted by atomic mass is 10.1. The lowest BCUT2D eigenvalue weighted by Gasteiger charge is -2.34. The van der Waals surface area contributed by atoms with Crippen LogP contribution in [-0.2, 0) is 9.59 Å². The Morgan fingerprint density at radius 1 is 1.52 bits per heavy atom. The molecule has 0 bridgehead atoms. The van der Waals surface area contributed by atoms with Gasteiger partial charge in [0.15, 0.2) is 6.61 Å². The van der Waals surface area contributed by atoms with Gasteiger partial charge in [0.2, 0.25) is 5.91 Å². The van der Waals surface area contributed by atoms with Crippen molar-refractivity contribution in [3.8, 4) is 5.75 Å². The normalized spacial score (nSPS) is 18.3. The summed E-state index contributed by atoms with van der Waals surface area (Å²) in [5.41, 5.74) is 0.874. The van der Waals surface area contributed by atoms with E-state index >= 15 is 0 Å². The third kappa shape index (κ3) is 3.67. The smallest absolute Gasteiger partial charge is 0.261 e. The molecule has 1 fully saturated rings. The molecule has 1 aromatic carbocycles. The number of halogens is 1. The Labute approximate surface area is 129 Å². The molecule has 0 spiro atoms. The average Bonchev–Trinajstić information content (AvgIpc) is 2.45. The summed E-state index contributed by atoms with van der Waals surface area (Å²) in [4.78, 5) is 25.6. The Bertz CT molecular complexity index is 548. The van der Waals surface area contributed by atoms with E-state index in [1.165, 1.54) is 0 Å². The summed E-state index contributed by atoms with van der Waals surface area (Å²) in [5.74, 6) is 0.355. The first-order chi connectivity index (χ1) is 10.0. The van der Waals surface area contributed by atoms with Gasteiger partial charge in [0.25, 0.3) is 5.91 Å². The van der Waals surface area contributed by atoms with E-state index in [1.807, 2.05) is 13.8 Å². The molecule has 1 unspecified atom stereocenters. The summed E-state index contributed by atoms with van der Waals surface area (Å²) >= 11 is 5.88. The zero-order valence-electron chi connectivity index (χ0n) is 12.2. The fraction of sp³-hybridized carbons (Fsp3) is 0.467. The molecule has 1 N–H and O–H groups in total. The highest BCUT2D eigenvalue weighted by atomic mass is 35.5. The second-order valence-electron chi connectivity index (χ2n) is 5.00. The van der Waals surface area contributed by atoms with Crippen LogP contribution in [0.5, 0.6) is 5.75 Å². The maximum atomic E-state index is 12.3. The first kappa shape index (κ1) is 15.6. The number of benzene rings is 1. The average molecular weight is 311 g/mol. The Morgan fingerprint density at radius 2 is 2.29 bits per heavy atom. The van der Waals surface area contributed by atoms with Crippen LogP contribution < -0.4 is 10.1 Å². The molecule has 1 aliphatic heterocycles. The number of nitrogens with zero attached hydrogens (tertiary/aromatic N) is 1. The number of hydrogen-bond acceptors (Lipinski definition) is 3. The molecule has 0 aromatic heterocycles. The topological polar surface area (TPSA) is 58.6 Å². The van der Waals surface area contributed by atoms with Crippen molar-refractivity contribution in [2.24, 2.45) is 0 Å². The summed E-state index contributed by atoms with van der Waals surface area (Å²) in [6, 6.07) is 4.84. The number of piperazine rings is 1. The Hall–Kier alpha value is -1.75. The molecule has 114 valence electrons. The summed E-state index contributed by atoms with van der Waals surface area (Å²) < 4.78 is 5.55. The highest BCUT2D eigenvalue weighted by molar-refractivity contribution is 6.30. The molecule has 0 aliphatic carbocycles. The van der Waals surface area contributed by atoms with Gasteiger partial charge in [-0.3, -0.25) is 9.59 Å². The molecule has 1 saturated heterocycles. The largest absolute Gasteiger partial charge is 0.483 e. The summed E-state index contributed by atoms with van der Waals surface area (Å²) in [6.07, 6.45) is 0.595. The van der Waals surface area contributed by atoms with E-state index in [0.29, 0.717) is 30.3 Å². The summed E-state index contributed by atoms with van der Waals surface area (Å²) in [7, 11) is 0. The van der Waals surface area contributed by atoms with Crippen LogP contribution in [0.3, 0.4) is 0 Å². The van der Waals surface area contributed by atoms with E-state index in [0.717, 1.165) is 5.56 Å². The van der Waals surface area contributed by atoms with Crippen molar-refractivity contribution in [1.29, 1.82) is 0 Å². The summed E-state index contributed by atoms with van der Waals surface area (Å²) in [6.45, 7) is 4.69. The number of carbonyl (C=O) groups excluding carboxylic acids is 2. The maximum Gasteiger partial charge on any atom is 0.261 e. The number of amides is 2. The molecule has 1 atom stereocenters. The summed E-state index contributed by atoms with van der Waals surface area (Å²) in [5, 5.41) is 3.40. The number of nitrogens with one attached hydrogen (secondary N) is 1. The Kier molecular flexibility index (Phi) is 5.07. The van der Waals surface area contributed by atoms with Crippen molar-refractivity contribution in [2.45, 2.75) is 26.3 Å². The van der Waals surface area contributed by atoms with Crippen LogP contribution >= 0.6 is 11.6 Å². The number of carbonyl (C=O) groups is 2. The molecule has 2 amide bonds. The van der Waals surface area contributed by atoms with Crippen LogP contribution in [0.2, 0.25) is 5.02 Å². The molecule has 2 rings (SSSR count). The zero-order chi connectivity index (χ0) is 15.4. The van der Waals surface area contributed by atoms with E-state index in [9.17, 15) is 9.59 Å². The van der Waals surface area contributed by atoms with E-state index in [4.69, 9.17) is 16.3 Å². The van der Waals surface area contributed by atoms with Gasteiger partial charge in [-0.1, -0.05) is 18.5 Å². The molecule has 1 aromatic rings. The lowest BCUT2D eigenvalue weighted by molar-refractivity contribution is -0.144. The Balaban J connectivity index is 1.99. The van der Waals surface area contributed by atoms with Crippen LogP contribution in [0.1, 0.15) is 18.9 Å². The highest BCUT2D eigenvalue weighted by Gasteiger charge is 2.31. The van der Waals surface area contributed by atoms with Gasteiger partial charge in [-0.25, -0.2) is 0 Å². The van der Waals surface area contributed by atoms with Crippen molar-refractivity contribution >= 4 is 23.4 Å². The fourth-order valence-electron chi connectivity index (χ4n) is 2.42. The van der Waals surface area contributed by atoms with Gasteiger partial charge < -0.3 is 15.0 Å². The molecular weight excluding hydrogens is 292 g/mol. The molecule has 1 aliphatic rings. The third-order valence-corrected chi connectivity index (χ3v) is 3.76.